The molecule has 6 nitrogen and oxygen atoms in total. The van der Waals surface area contributed by atoms with Crippen LogP contribution in [0, 0.1) is 13.8 Å². The number of fused-ring (bicyclic) bond motifs is 1. The van der Waals surface area contributed by atoms with Gasteiger partial charge in [0.2, 0.25) is 5.95 Å². The minimum absolute atomic E-state index is 0.222. The van der Waals surface area contributed by atoms with Gasteiger partial charge >= 0.3 is 0 Å². The van der Waals surface area contributed by atoms with E-state index in [0.29, 0.717) is 5.95 Å². The standard InChI is InChI=1S/C24H26N6/c1-15-6-5-7-17-14-30(29-22(15)17)20-13-18(8-9-19(20)24(3)10-11-24)27-23-26-16(2)12-21(25-4)28-23/h5-9,12-14H,10-11H2,1-4H3,(H2,25,26,27,28). The van der Waals surface area contributed by atoms with Crippen LogP contribution in [0.15, 0.2) is 48.7 Å². The molecular weight excluding hydrogens is 372 g/mol. The van der Waals surface area contributed by atoms with Crippen LogP contribution in [0.3, 0.4) is 0 Å². The molecule has 0 unspecified atom stereocenters. The summed E-state index contributed by atoms with van der Waals surface area (Å²) in [4.78, 5) is 9.05. The summed E-state index contributed by atoms with van der Waals surface area (Å²) in [7, 11) is 1.86. The van der Waals surface area contributed by atoms with Crippen molar-refractivity contribution in [1.29, 1.82) is 0 Å². The van der Waals surface area contributed by atoms with E-state index in [4.69, 9.17) is 5.10 Å². The molecule has 152 valence electrons. The smallest absolute Gasteiger partial charge is 0.229 e. The Hall–Kier alpha value is -3.41. The largest absolute Gasteiger partial charge is 0.373 e. The summed E-state index contributed by atoms with van der Waals surface area (Å²) in [5, 5.41) is 12.5. The van der Waals surface area contributed by atoms with Crippen LogP contribution in [0.2, 0.25) is 0 Å². The minimum Gasteiger partial charge on any atom is -0.373 e. The predicted octanol–water partition coefficient (Wildman–Crippen LogP) is 5.27. The molecular formula is C24H26N6. The molecule has 0 spiro atoms. The van der Waals surface area contributed by atoms with Crippen molar-refractivity contribution in [3.05, 3.63) is 65.5 Å². The summed E-state index contributed by atoms with van der Waals surface area (Å²) in [5.74, 6) is 1.37. The molecule has 30 heavy (non-hydrogen) atoms. The molecule has 2 heterocycles. The first-order valence-corrected chi connectivity index (χ1v) is 10.4. The number of rotatable bonds is 5. The summed E-state index contributed by atoms with van der Waals surface area (Å²) >= 11 is 0. The SMILES string of the molecule is CNc1cc(C)nc(Nc2ccc(C3(C)CC3)c(-n3cc4cccc(C)c4n3)c2)n1. The highest BCUT2D eigenvalue weighted by Gasteiger charge is 2.41. The zero-order valence-electron chi connectivity index (χ0n) is 17.8. The van der Waals surface area contributed by atoms with Crippen LogP contribution < -0.4 is 10.6 Å². The highest BCUT2D eigenvalue weighted by atomic mass is 15.3. The van der Waals surface area contributed by atoms with Crippen LogP contribution in [-0.4, -0.2) is 26.8 Å². The van der Waals surface area contributed by atoms with Gasteiger partial charge in [-0.25, -0.2) is 9.67 Å². The maximum Gasteiger partial charge on any atom is 0.229 e. The van der Waals surface area contributed by atoms with E-state index in [1.807, 2.05) is 24.7 Å². The van der Waals surface area contributed by atoms with E-state index in [1.165, 1.54) is 24.0 Å². The van der Waals surface area contributed by atoms with Crippen molar-refractivity contribution in [2.45, 2.75) is 39.0 Å². The second-order valence-corrected chi connectivity index (χ2v) is 8.47. The maximum absolute atomic E-state index is 4.92. The second-order valence-electron chi connectivity index (χ2n) is 8.47. The van der Waals surface area contributed by atoms with Crippen LogP contribution in [-0.2, 0) is 5.41 Å². The molecule has 1 fully saturated rings. The Kier molecular flexibility index (Phi) is 4.24. The molecule has 6 heteroatoms. The number of nitrogens with zero attached hydrogens (tertiary/aromatic N) is 4. The molecule has 1 saturated carbocycles. The van der Waals surface area contributed by atoms with Gasteiger partial charge in [0.1, 0.15) is 5.82 Å². The quantitative estimate of drug-likeness (QED) is 0.479. The van der Waals surface area contributed by atoms with Crippen molar-refractivity contribution >= 4 is 28.4 Å². The van der Waals surface area contributed by atoms with Gasteiger partial charge in [0, 0.05) is 36.1 Å². The lowest BCUT2D eigenvalue weighted by Crippen LogP contribution is -2.09. The van der Waals surface area contributed by atoms with Gasteiger partial charge in [-0.3, -0.25) is 0 Å². The Morgan fingerprint density at radius 3 is 2.60 bits per heavy atom. The van der Waals surface area contributed by atoms with Gasteiger partial charge < -0.3 is 10.6 Å². The summed E-state index contributed by atoms with van der Waals surface area (Å²) < 4.78 is 2.03. The number of hydrogen-bond acceptors (Lipinski definition) is 5. The van der Waals surface area contributed by atoms with E-state index in [-0.39, 0.29) is 5.41 Å². The molecule has 5 rings (SSSR count). The number of nitrogens with one attached hydrogen (secondary N) is 2. The van der Waals surface area contributed by atoms with Crippen molar-refractivity contribution in [2.24, 2.45) is 0 Å². The Morgan fingerprint density at radius 2 is 1.87 bits per heavy atom. The molecule has 0 aliphatic heterocycles. The van der Waals surface area contributed by atoms with Gasteiger partial charge in [-0.15, -0.1) is 0 Å². The van der Waals surface area contributed by atoms with Crippen molar-refractivity contribution in [1.82, 2.24) is 19.7 Å². The molecule has 2 aromatic heterocycles. The molecule has 2 N–H and O–H groups in total. The van der Waals surface area contributed by atoms with E-state index < -0.39 is 0 Å². The van der Waals surface area contributed by atoms with Crippen molar-refractivity contribution < 1.29 is 0 Å². The average molecular weight is 399 g/mol. The first kappa shape index (κ1) is 18.6. The molecule has 0 saturated heterocycles. The summed E-state index contributed by atoms with van der Waals surface area (Å²) in [6.45, 7) is 6.40. The third-order valence-electron chi connectivity index (χ3n) is 6.00. The molecule has 4 aromatic rings. The monoisotopic (exact) mass is 398 g/mol. The fraction of sp³-hybridized carbons (Fsp3) is 0.292. The van der Waals surface area contributed by atoms with E-state index in [9.17, 15) is 0 Å². The number of aryl methyl sites for hydroxylation is 2. The highest BCUT2D eigenvalue weighted by molar-refractivity contribution is 5.82. The maximum atomic E-state index is 4.92. The normalized spacial score (nSPS) is 14.7. The third kappa shape index (κ3) is 3.28. The van der Waals surface area contributed by atoms with Gasteiger partial charge in [-0.1, -0.05) is 31.2 Å². The Balaban J connectivity index is 1.60. The van der Waals surface area contributed by atoms with Crippen LogP contribution in [0.25, 0.3) is 16.6 Å². The van der Waals surface area contributed by atoms with Gasteiger partial charge in [-0.05, 0) is 55.4 Å². The van der Waals surface area contributed by atoms with E-state index in [0.717, 1.165) is 33.8 Å². The van der Waals surface area contributed by atoms with Gasteiger partial charge in [0.15, 0.2) is 0 Å². The lowest BCUT2D eigenvalue weighted by atomic mass is 9.96. The first-order chi connectivity index (χ1) is 14.4. The van der Waals surface area contributed by atoms with E-state index in [1.54, 1.807) is 0 Å². The minimum atomic E-state index is 0.222. The second kappa shape index (κ2) is 6.83. The summed E-state index contributed by atoms with van der Waals surface area (Å²) in [6, 6.07) is 14.7. The average Bonchev–Trinajstić information content (AvgIpc) is 3.31. The zero-order valence-corrected chi connectivity index (χ0v) is 17.8. The summed E-state index contributed by atoms with van der Waals surface area (Å²) in [6.07, 6.45) is 4.54. The van der Waals surface area contributed by atoms with Gasteiger partial charge in [0.05, 0.1) is 11.2 Å². The molecule has 1 aliphatic carbocycles. The number of anilines is 3. The fourth-order valence-corrected chi connectivity index (χ4v) is 3.96. The van der Waals surface area contributed by atoms with Gasteiger partial charge in [-0.2, -0.15) is 10.1 Å². The predicted molar refractivity (Wildman–Crippen MR) is 122 cm³/mol. The van der Waals surface area contributed by atoms with Gasteiger partial charge in [0.25, 0.3) is 0 Å². The molecule has 0 radical (unpaired) electrons. The summed E-state index contributed by atoms with van der Waals surface area (Å²) in [5.41, 5.74) is 6.75. The van der Waals surface area contributed by atoms with Crippen molar-refractivity contribution in [3.63, 3.8) is 0 Å². The van der Waals surface area contributed by atoms with E-state index >= 15 is 0 Å². The van der Waals surface area contributed by atoms with Crippen LogP contribution in [0.4, 0.5) is 17.5 Å². The van der Waals surface area contributed by atoms with Crippen molar-refractivity contribution in [3.8, 4) is 5.69 Å². The topological polar surface area (TPSA) is 67.7 Å². The van der Waals surface area contributed by atoms with Crippen LogP contribution in [0.1, 0.15) is 36.6 Å². The molecule has 0 bridgehead atoms. The Bertz CT molecular complexity index is 1250. The third-order valence-corrected chi connectivity index (χ3v) is 6.00. The van der Waals surface area contributed by atoms with Crippen LogP contribution in [0.5, 0.6) is 0 Å². The first-order valence-electron chi connectivity index (χ1n) is 10.4. The Labute approximate surface area is 176 Å². The number of benzene rings is 2. The lowest BCUT2D eigenvalue weighted by molar-refractivity contribution is 0.759. The molecule has 0 atom stereocenters. The lowest BCUT2D eigenvalue weighted by Gasteiger charge is -2.17. The molecule has 2 aromatic carbocycles. The fourth-order valence-electron chi connectivity index (χ4n) is 3.96. The van der Waals surface area contributed by atoms with Crippen LogP contribution >= 0.6 is 0 Å². The van der Waals surface area contributed by atoms with Crippen molar-refractivity contribution in [2.75, 3.05) is 17.7 Å². The molecule has 0 amide bonds. The highest BCUT2D eigenvalue weighted by Crippen LogP contribution is 2.50. The zero-order chi connectivity index (χ0) is 20.9. The van der Waals surface area contributed by atoms with E-state index in [2.05, 4.69) is 77.0 Å². The molecule has 1 aliphatic rings. The number of aromatic nitrogens is 4. The Morgan fingerprint density at radius 1 is 1.03 bits per heavy atom. The number of hydrogen-bond donors (Lipinski definition) is 2.